The fourth-order valence-electron chi connectivity index (χ4n) is 2.87. The van der Waals surface area contributed by atoms with E-state index in [0.717, 1.165) is 16.7 Å². The number of allylic oxidation sites excluding steroid dienone is 3. The molecule has 0 aliphatic carbocycles. The van der Waals surface area contributed by atoms with Crippen molar-refractivity contribution < 1.29 is 11.0 Å². The van der Waals surface area contributed by atoms with Gasteiger partial charge in [0.05, 0.1) is 25.1 Å². The molecule has 3 rings (SSSR count). The maximum absolute atomic E-state index is 12.5. The number of carbonyl (C=O) groups is 1. The molecule has 7 nitrogen and oxygen atoms in total. The number of hydrogen-bond donors (Lipinski definition) is 1. The zero-order valence-electron chi connectivity index (χ0n) is 18.2. The Morgan fingerprint density at radius 3 is 2.59 bits per heavy atom. The van der Waals surface area contributed by atoms with Crippen LogP contribution in [0.3, 0.4) is 0 Å². The monoisotopic (exact) mass is 429 g/mol. The van der Waals surface area contributed by atoms with Crippen LogP contribution in [0.25, 0.3) is 11.4 Å². The lowest BCUT2D eigenvalue weighted by molar-refractivity contribution is 0.0951. The number of carbonyl (C=O) groups excluding carboxylic acids is 1. The molecule has 32 heavy (non-hydrogen) atoms. The first-order valence-electron chi connectivity index (χ1n) is 9.75. The number of pyridine rings is 1. The van der Waals surface area contributed by atoms with Gasteiger partial charge in [-0.3, -0.25) is 4.79 Å². The summed E-state index contributed by atoms with van der Waals surface area (Å²) in [5, 5.41) is 16.1. The van der Waals surface area contributed by atoms with Gasteiger partial charge in [-0.05, 0) is 23.6 Å². The van der Waals surface area contributed by atoms with Gasteiger partial charge in [0.25, 0.3) is 5.91 Å². The minimum absolute atomic E-state index is 0. The number of nitrogens with zero attached hydrogens (tertiary/aromatic N) is 4. The molecule has 2 heterocycles. The summed E-state index contributed by atoms with van der Waals surface area (Å²) in [6.45, 7) is 12.2. The number of amides is 1. The fraction of sp³-hybridized carbons (Fsp3) is 0.120. The molecule has 1 amide bonds. The molecule has 0 aliphatic heterocycles. The molecule has 164 valence electrons. The van der Waals surface area contributed by atoms with Crippen molar-refractivity contribution in [2.45, 2.75) is 13.5 Å². The first-order valence-corrected chi connectivity index (χ1v) is 9.75. The highest BCUT2D eigenvalue weighted by molar-refractivity contribution is 5.93. The second-order valence-electron chi connectivity index (χ2n) is 6.36. The van der Waals surface area contributed by atoms with Gasteiger partial charge in [0.2, 0.25) is 0 Å². The minimum atomic E-state index is -0.244. The Morgan fingerprint density at radius 1 is 1.28 bits per heavy atom. The second-order valence-corrected chi connectivity index (χ2v) is 6.36. The van der Waals surface area contributed by atoms with Crippen molar-refractivity contribution in [2.24, 2.45) is 0 Å². The van der Waals surface area contributed by atoms with Gasteiger partial charge in [-0.25, -0.2) is 9.67 Å². The third-order valence-corrected chi connectivity index (χ3v) is 4.54. The standard InChI is InChI=1S/C23H21N5O2.C2H4.H2/c1-4-17(5-2)18-8-6-16(7-9-18)12-26-23(29)20-14-27-28(15-20)22-10-21(30-3)19(11-24)13-25-22;1-2;/h4-10,13-15H,1,12H2,2-3H3,(H,26,29);1-2H2;1H/b17-5+;;. The number of ether oxygens (including phenoxy) is 1. The van der Waals surface area contributed by atoms with Crippen LogP contribution in [0.4, 0.5) is 0 Å². The highest BCUT2D eigenvalue weighted by atomic mass is 16.5. The molecule has 1 N–H and O–H groups in total. The first-order chi connectivity index (χ1) is 15.6. The number of hydrogen-bond acceptors (Lipinski definition) is 5. The topological polar surface area (TPSA) is 92.8 Å². The highest BCUT2D eigenvalue weighted by Gasteiger charge is 2.12. The van der Waals surface area contributed by atoms with Crippen LogP contribution in [0, 0.1) is 11.3 Å². The van der Waals surface area contributed by atoms with E-state index < -0.39 is 0 Å². The van der Waals surface area contributed by atoms with Crippen LogP contribution in [0.15, 0.2) is 80.8 Å². The quantitative estimate of drug-likeness (QED) is 0.433. The van der Waals surface area contributed by atoms with Crippen molar-refractivity contribution in [2.75, 3.05) is 7.11 Å². The van der Waals surface area contributed by atoms with Gasteiger partial charge >= 0.3 is 0 Å². The predicted octanol–water partition coefficient (Wildman–Crippen LogP) is 4.72. The number of aromatic nitrogens is 3. The van der Waals surface area contributed by atoms with Gasteiger partial charge in [0.1, 0.15) is 17.4 Å². The minimum Gasteiger partial charge on any atom is -0.495 e. The van der Waals surface area contributed by atoms with Crippen LogP contribution in [0.2, 0.25) is 0 Å². The Labute approximate surface area is 189 Å². The molecule has 3 aromatic rings. The zero-order chi connectivity index (χ0) is 23.5. The van der Waals surface area contributed by atoms with E-state index >= 15 is 0 Å². The Kier molecular flexibility index (Phi) is 8.69. The summed E-state index contributed by atoms with van der Waals surface area (Å²) in [4.78, 5) is 16.7. The van der Waals surface area contributed by atoms with Crippen LogP contribution < -0.4 is 10.1 Å². The molecule has 0 radical (unpaired) electrons. The molecule has 0 unspecified atom stereocenters. The lowest BCUT2D eigenvalue weighted by atomic mass is 10.0. The molecule has 0 atom stereocenters. The van der Waals surface area contributed by atoms with E-state index in [9.17, 15) is 4.79 Å². The summed E-state index contributed by atoms with van der Waals surface area (Å²) in [7, 11) is 1.48. The van der Waals surface area contributed by atoms with E-state index in [1.807, 2.05) is 49.4 Å². The zero-order valence-corrected chi connectivity index (χ0v) is 18.2. The molecule has 2 aromatic heterocycles. The summed E-state index contributed by atoms with van der Waals surface area (Å²) in [5.74, 6) is 0.596. The molecule has 0 fully saturated rings. The van der Waals surface area contributed by atoms with Gasteiger partial charge in [-0.1, -0.05) is 43.0 Å². The van der Waals surface area contributed by atoms with Crippen LogP contribution in [-0.2, 0) is 6.54 Å². The second kappa shape index (κ2) is 11.7. The molecular weight excluding hydrogens is 402 g/mol. The third-order valence-electron chi connectivity index (χ3n) is 4.54. The molecule has 7 heteroatoms. The Bertz CT molecular complexity index is 1160. The summed E-state index contributed by atoms with van der Waals surface area (Å²) < 4.78 is 6.65. The van der Waals surface area contributed by atoms with Crippen LogP contribution >= 0.6 is 0 Å². The number of benzene rings is 1. The van der Waals surface area contributed by atoms with E-state index in [0.29, 0.717) is 29.2 Å². The summed E-state index contributed by atoms with van der Waals surface area (Å²) in [5.41, 5.74) is 3.85. The first kappa shape index (κ1) is 23.8. The molecule has 0 saturated heterocycles. The Hall–Kier alpha value is -4.44. The third kappa shape index (κ3) is 5.58. The number of methoxy groups -OCH3 is 1. The van der Waals surface area contributed by atoms with E-state index in [2.05, 4.69) is 35.1 Å². The molecule has 0 bridgehead atoms. The van der Waals surface area contributed by atoms with Crippen LogP contribution in [0.5, 0.6) is 5.75 Å². The summed E-state index contributed by atoms with van der Waals surface area (Å²) in [6.07, 6.45) is 8.26. The van der Waals surface area contributed by atoms with Crippen LogP contribution in [-0.4, -0.2) is 27.8 Å². The number of nitriles is 1. The van der Waals surface area contributed by atoms with Gasteiger partial charge in [-0.2, -0.15) is 10.4 Å². The molecule has 0 saturated carbocycles. The van der Waals surface area contributed by atoms with Gasteiger partial charge < -0.3 is 10.1 Å². The van der Waals surface area contributed by atoms with E-state index in [-0.39, 0.29) is 7.33 Å². The summed E-state index contributed by atoms with van der Waals surface area (Å²) >= 11 is 0. The van der Waals surface area contributed by atoms with Gasteiger partial charge in [-0.15, -0.1) is 13.2 Å². The fourth-order valence-corrected chi connectivity index (χ4v) is 2.87. The lowest BCUT2D eigenvalue weighted by Crippen LogP contribution is -2.22. The Balaban J connectivity index is 0.00000177. The van der Waals surface area contributed by atoms with Gasteiger partial charge in [0.15, 0.2) is 5.82 Å². The van der Waals surface area contributed by atoms with Crippen LogP contribution in [0.1, 0.15) is 35.4 Å². The van der Waals surface area contributed by atoms with E-state index in [1.165, 1.54) is 24.2 Å². The molecule has 0 spiro atoms. The van der Waals surface area contributed by atoms with Crippen molar-refractivity contribution in [3.8, 4) is 17.6 Å². The SMILES string of the molecule is C=C.C=C/C(=C\C)c1ccc(CNC(=O)c2cnn(-c3cc(OC)c(C#N)cn3)c2)cc1.[HH]. The maximum atomic E-state index is 12.5. The molecule has 0 aliphatic rings. The van der Waals surface area contributed by atoms with Gasteiger partial charge in [0, 0.05) is 20.2 Å². The average Bonchev–Trinajstić information content (AvgIpc) is 3.35. The average molecular weight is 430 g/mol. The van der Waals surface area contributed by atoms with E-state index in [4.69, 9.17) is 10.00 Å². The smallest absolute Gasteiger partial charge is 0.254 e. The van der Waals surface area contributed by atoms with Crippen molar-refractivity contribution >= 4 is 11.5 Å². The largest absolute Gasteiger partial charge is 0.495 e. The molecule has 1 aromatic carbocycles. The van der Waals surface area contributed by atoms with Crippen molar-refractivity contribution in [3.63, 3.8) is 0 Å². The maximum Gasteiger partial charge on any atom is 0.254 e. The van der Waals surface area contributed by atoms with Crippen molar-refractivity contribution in [1.82, 2.24) is 20.1 Å². The van der Waals surface area contributed by atoms with Crippen molar-refractivity contribution in [3.05, 3.63) is 103 Å². The highest BCUT2D eigenvalue weighted by Crippen LogP contribution is 2.19. The van der Waals surface area contributed by atoms with E-state index in [1.54, 1.807) is 12.3 Å². The number of nitrogens with one attached hydrogen (secondary N) is 1. The Morgan fingerprint density at radius 2 is 2.00 bits per heavy atom. The van der Waals surface area contributed by atoms with Crippen molar-refractivity contribution in [1.29, 1.82) is 5.26 Å². The number of rotatable bonds is 7. The summed E-state index contributed by atoms with van der Waals surface area (Å²) in [6, 6.07) is 11.5. The molecular formula is C25H27N5O2. The normalized spacial score (nSPS) is 10.3. The predicted molar refractivity (Wildman–Crippen MR) is 127 cm³/mol. The lowest BCUT2D eigenvalue weighted by Gasteiger charge is -2.06.